The first kappa shape index (κ1) is 10.1. The number of aromatic nitrogens is 2. The standard InChI is InChI=1S/C10H11N3OS/c1-14-8-4-2-7(3-5-8)10-13-12-9(6-11)15-10/h2-5H,6,11H2,1H3. The molecule has 1 heterocycles. The van der Waals surface area contributed by atoms with Crippen molar-refractivity contribution in [3.05, 3.63) is 29.3 Å². The topological polar surface area (TPSA) is 61.0 Å². The molecular weight excluding hydrogens is 210 g/mol. The van der Waals surface area contributed by atoms with Gasteiger partial charge in [-0.3, -0.25) is 0 Å². The molecule has 4 nitrogen and oxygen atoms in total. The van der Waals surface area contributed by atoms with Crippen LogP contribution >= 0.6 is 11.3 Å². The molecule has 0 aliphatic heterocycles. The summed E-state index contributed by atoms with van der Waals surface area (Å²) >= 11 is 1.51. The summed E-state index contributed by atoms with van der Waals surface area (Å²) in [6.07, 6.45) is 0. The van der Waals surface area contributed by atoms with Crippen LogP contribution in [0.1, 0.15) is 5.01 Å². The van der Waals surface area contributed by atoms with E-state index in [1.54, 1.807) is 7.11 Å². The van der Waals surface area contributed by atoms with Crippen LogP contribution < -0.4 is 10.5 Å². The molecule has 0 atom stereocenters. The number of hydrogen-bond donors (Lipinski definition) is 1. The summed E-state index contributed by atoms with van der Waals surface area (Å²) in [4.78, 5) is 0. The van der Waals surface area contributed by atoms with E-state index in [1.807, 2.05) is 24.3 Å². The summed E-state index contributed by atoms with van der Waals surface area (Å²) in [5.74, 6) is 0.835. The van der Waals surface area contributed by atoms with Crippen molar-refractivity contribution in [2.75, 3.05) is 7.11 Å². The van der Waals surface area contributed by atoms with E-state index in [0.717, 1.165) is 21.3 Å². The van der Waals surface area contributed by atoms with Gasteiger partial charge in [0.05, 0.1) is 7.11 Å². The van der Waals surface area contributed by atoms with Crippen molar-refractivity contribution >= 4 is 11.3 Å². The van der Waals surface area contributed by atoms with Crippen LogP contribution in [0.5, 0.6) is 5.75 Å². The fourth-order valence-electron chi connectivity index (χ4n) is 1.19. The first-order chi connectivity index (χ1) is 7.33. The van der Waals surface area contributed by atoms with Crippen molar-refractivity contribution in [2.24, 2.45) is 5.73 Å². The molecule has 2 aromatic rings. The van der Waals surface area contributed by atoms with Crippen LogP contribution in [0.2, 0.25) is 0 Å². The lowest BCUT2D eigenvalue weighted by molar-refractivity contribution is 0.415. The van der Waals surface area contributed by atoms with E-state index in [0.29, 0.717) is 6.54 Å². The van der Waals surface area contributed by atoms with Crippen LogP contribution in [0.4, 0.5) is 0 Å². The first-order valence-electron chi connectivity index (χ1n) is 4.50. The van der Waals surface area contributed by atoms with Crippen molar-refractivity contribution < 1.29 is 4.74 Å². The summed E-state index contributed by atoms with van der Waals surface area (Å²) in [5, 5.41) is 9.76. The van der Waals surface area contributed by atoms with Gasteiger partial charge in [-0.05, 0) is 24.3 Å². The predicted molar refractivity (Wildman–Crippen MR) is 59.8 cm³/mol. The number of ether oxygens (including phenoxy) is 1. The van der Waals surface area contributed by atoms with Crippen LogP contribution in [0.25, 0.3) is 10.6 Å². The second-order valence-corrected chi connectivity index (χ2v) is 4.00. The quantitative estimate of drug-likeness (QED) is 0.856. The Balaban J connectivity index is 2.28. The molecule has 2 N–H and O–H groups in total. The molecule has 0 unspecified atom stereocenters. The lowest BCUT2D eigenvalue weighted by Crippen LogP contribution is -1.94. The molecular formula is C10H11N3OS. The first-order valence-corrected chi connectivity index (χ1v) is 5.32. The fourth-order valence-corrected chi connectivity index (χ4v) is 1.91. The Bertz CT molecular complexity index is 438. The highest BCUT2D eigenvalue weighted by Gasteiger charge is 2.05. The number of benzene rings is 1. The number of methoxy groups -OCH3 is 1. The van der Waals surface area contributed by atoms with Gasteiger partial charge in [0.2, 0.25) is 0 Å². The molecule has 0 aliphatic rings. The second-order valence-electron chi connectivity index (χ2n) is 2.93. The van der Waals surface area contributed by atoms with Crippen LogP contribution in [-0.2, 0) is 6.54 Å². The maximum atomic E-state index is 5.47. The monoisotopic (exact) mass is 221 g/mol. The molecule has 0 saturated heterocycles. The number of hydrogen-bond acceptors (Lipinski definition) is 5. The summed E-state index contributed by atoms with van der Waals surface area (Å²) in [5.41, 5.74) is 6.51. The third-order valence-corrected chi connectivity index (χ3v) is 2.97. The Morgan fingerprint density at radius 2 is 2.00 bits per heavy atom. The van der Waals surface area contributed by atoms with E-state index < -0.39 is 0 Å². The normalized spacial score (nSPS) is 10.3. The van der Waals surface area contributed by atoms with Crippen LogP contribution in [0.3, 0.4) is 0 Å². The van der Waals surface area contributed by atoms with Crippen molar-refractivity contribution in [3.63, 3.8) is 0 Å². The van der Waals surface area contributed by atoms with Gasteiger partial charge in [0.15, 0.2) is 0 Å². The molecule has 0 fully saturated rings. The number of nitrogens with two attached hydrogens (primary N) is 1. The largest absolute Gasteiger partial charge is 0.497 e. The zero-order chi connectivity index (χ0) is 10.7. The Labute approximate surface area is 91.7 Å². The predicted octanol–water partition coefficient (Wildman–Crippen LogP) is 1.67. The summed E-state index contributed by atoms with van der Waals surface area (Å²) in [6.45, 7) is 0.438. The molecule has 78 valence electrons. The van der Waals surface area contributed by atoms with Gasteiger partial charge in [-0.1, -0.05) is 11.3 Å². The van der Waals surface area contributed by atoms with Crippen molar-refractivity contribution in [1.29, 1.82) is 0 Å². The van der Waals surface area contributed by atoms with Crippen molar-refractivity contribution in [2.45, 2.75) is 6.54 Å². The van der Waals surface area contributed by atoms with Crippen LogP contribution in [0.15, 0.2) is 24.3 Å². The van der Waals surface area contributed by atoms with E-state index >= 15 is 0 Å². The molecule has 0 amide bonds. The molecule has 15 heavy (non-hydrogen) atoms. The third-order valence-electron chi connectivity index (χ3n) is 1.98. The number of nitrogens with zero attached hydrogens (tertiary/aromatic N) is 2. The van der Waals surface area contributed by atoms with Gasteiger partial charge in [0, 0.05) is 12.1 Å². The highest BCUT2D eigenvalue weighted by Crippen LogP contribution is 2.24. The molecule has 0 bridgehead atoms. The SMILES string of the molecule is COc1ccc(-c2nnc(CN)s2)cc1. The van der Waals surface area contributed by atoms with E-state index in [9.17, 15) is 0 Å². The zero-order valence-electron chi connectivity index (χ0n) is 8.30. The van der Waals surface area contributed by atoms with Gasteiger partial charge in [0.1, 0.15) is 15.8 Å². The van der Waals surface area contributed by atoms with Gasteiger partial charge in [-0.25, -0.2) is 0 Å². The number of rotatable bonds is 3. The minimum absolute atomic E-state index is 0.438. The highest BCUT2D eigenvalue weighted by molar-refractivity contribution is 7.14. The Morgan fingerprint density at radius 3 is 2.53 bits per heavy atom. The lowest BCUT2D eigenvalue weighted by Gasteiger charge is -1.99. The van der Waals surface area contributed by atoms with E-state index in [-0.39, 0.29) is 0 Å². The van der Waals surface area contributed by atoms with Crippen molar-refractivity contribution in [3.8, 4) is 16.3 Å². The third kappa shape index (κ3) is 2.14. The van der Waals surface area contributed by atoms with E-state index in [4.69, 9.17) is 10.5 Å². The van der Waals surface area contributed by atoms with Crippen molar-refractivity contribution in [1.82, 2.24) is 10.2 Å². The van der Waals surface area contributed by atoms with Gasteiger partial charge in [-0.15, -0.1) is 10.2 Å². The molecule has 0 radical (unpaired) electrons. The molecule has 1 aromatic carbocycles. The molecule has 0 spiro atoms. The van der Waals surface area contributed by atoms with Gasteiger partial charge in [-0.2, -0.15) is 0 Å². The average Bonchev–Trinajstić information content (AvgIpc) is 2.78. The fraction of sp³-hybridized carbons (Fsp3) is 0.200. The lowest BCUT2D eigenvalue weighted by atomic mass is 10.2. The van der Waals surface area contributed by atoms with E-state index in [1.165, 1.54) is 11.3 Å². The Kier molecular flexibility index (Phi) is 2.94. The van der Waals surface area contributed by atoms with Gasteiger partial charge >= 0.3 is 0 Å². The minimum Gasteiger partial charge on any atom is -0.497 e. The maximum absolute atomic E-state index is 5.47. The molecule has 2 rings (SSSR count). The Morgan fingerprint density at radius 1 is 1.27 bits per heavy atom. The van der Waals surface area contributed by atoms with Crippen LogP contribution in [0, 0.1) is 0 Å². The zero-order valence-corrected chi connectivity index (χ0v) is 9.12. The maximum Gasteiger partial charge on any atom is 0.147 e. The second kappa shape index (κ2) is 4.37. The summed E-state index contributed by atoms with van der Waals surface area (Å²) in [7, 11) is 1.65. The van der Waals surface area contributed by atoms with Gasteiger partial charge in [0.25, 0.3) is 0 Å². The molecule has 0 aliphatic carbocycles. The molecule has 1 aromatic heterocycles. The van der Waals surface area contributed by atoms with Gasteiger partial charge < -0.3 is 10.5 Å². The summed E-state index contributed by atoms with van der Waals surface area (Å²) < 4.78 is 5.08. The van der Waals surface area contributed by atoms with Crippen LogP contribution in [-0.4, -0.2) is 17.3 Å². The smallest absolute Gasteiger partial charge is 0.147 e. The average molecular weight is 221 g/mol. The molecule has 5 heteroatoms. The molecule has 0 saturated carbocycles. The highest BCUT2D eigenvalue weighted by atomic mass is 32.1. The van der Waals surface area contributed by atoms with E-state index in [2.05, 4.69) is 10.2 Å². The Hall–Kier alpha value is -1.46. The minimum atomic E-state index is 0.438. The summed E-state index contributed by atoms with van der Waals surface area (Å²) in [6, 6.07) is 7.72.